The Morgan fingerprint density at radius 3 is 1.48 bits per heavy atom. The summed E-state index contributed by atoms with van der Waals surface area (Å²) in [5.41, 5.74) is 6.67. The molecule has 0 saturated carbocycles. The molecule has 5 N–H and O–H groups in total. The molecule has 412 valence electrons. The average Bonchev–Trinajstić information content (AvgIpc) is 3.74. The summed E-state index contributed by atoms with van der Waals surface area (Å²) in [4.78, 5) is 59.1. The highest BCUT2D eigenvalue weighted by Gasteiger charge is 2.20. The lowest BCUT2D eigenvalue weighted by Gasteiger charge is -2.05. The molecule has 0 spiro atoms. The Balaban J connectivity index is 0.000000257. The molecule has 8 rings (SSSR count). The molecule has 3 aromatic heterocycles. The topological polar surface area (TPSA) is 265 Å². The van der Waals surface area contributed by atoms with Crippen LogP contribution in [0.4, 0.5) is 92.0 Å². The summed E-state index contributed by atoms with van der Waals surface area (Å²) >= 11 is 5.62. The van der Waals surface area contributed by atoms with Crippen molar-refractivity contribution >= 4 is 106 Å². The van der Waals surface area contributed by atoms with Crippen LogP contribution < -0.4 is 21.7 Å². The molecule has 0 unspecified atom stereocenters. The lowest BCUT2D eigenvalue weighted by atomic mass is 10.2. The first kappa shape index (κ1) is 64.1. The van der Waals surface area contributed by atoms with Gasteiger partial charge in [0.15, 0.2) is 6.29 Å². The maximum Gasteiger partial charge on any atom is 0.307 e. The van der Waals surface area contributed by atoms with Crippen molar-refractivity contribution in [2.24, 2.45) is 7.05 Å². The Morgan fingerprint density at radius 2 is 1.00 bits per heavy atom. The molecule has 0 radical (unpaired) electrons. The third-order valence-corrected chi connectivity index (χ3v) is 11.0. The Hall–Kier alpha value is -10.2. The number of rotatable bonds is 8. The van der Waals surface area contributed by atoms with Gasteiger partial charge in [0.1, 0.15) is 57.9 Å². The van der Waals surface area contributed by atoms with Gasteiger partial charge in [0, 0.05) is 63.5 Å². The normalized spacial score (nSPS) is 9.74. The van der Waals surface area contributed by atoms with Gasteiger partial charge in [0.25, 0.3) is 11.4 Å². The Morgan fingerprint density at radius 1 is 0.562 bits per heavy atom. The first-order valence-corrected chi connectivity index (χ1v) is 22.9. The molecule has 8 aromatic rings. The molecule has 21 nitrogen and oxygen atoms in total. The number of nitrogen functional groups attached to an aromatic ring is 1. The van der Waals surface area contributed by atoms with Crippen LogP contribution in [0.25, 0.3) is 37.0 Å². The highest BCUT2D eigenvalue weighted by atomic mass is 79.9. The predicted molar refractivity (Wildman–Crippen MR) is 286 cm³/mol. The van der Waals surface area contributed by atoms with E-state index in [0.29, 0.717) is 52.2 Å². The number of hydrogen-bond donors (Lipinski definition) is 4. The molecule has 0 saturated heterocycles. The monoisotopic (exact) mass is 1240 g/mol. The maximum absolute atomic E-state index is 13.6. The van der Waals surface area contributed by atoms with Crippen molar-refractivity contribution in [2.45, 2.75) is 0 Å². The number of imidazole rings is 1. The van der Waals surface area contributed by atoms with E-state index in [1.807, 2.05) is 0 Å². The second-order valence-electron chi connectivity index (χ2n) is 14.8. The minimum absolute atomic E-state index is 0.0199. The first-order valence-electron chi connectivity index (χ1n) is 21.3. The lowest BCUT2D eigenvalue weighted by molar-refractivity contribution is -0.387. The Bertz CT molecular complexity index is 3770. The van der Waals surface area contributed by atoms with Crippen molar-refractivity contribution in [3.05, 3.63) is 223 Å². The van der Waals surface area contributed by atoms with Gasteiger partial charge in [-0.15, -0.1) is 0 Å². The molecule has 80 heavy (non-hydrogen) atoms. The number of aromatic nitrogens is 4. The highest BCUT2D eigenvalue weighted by Crippen LogP contribution is 2.33. The number of carbonyl (C=O) groups excluding carboxylic acids is 1. The molecule has 0 amide bonds. The molecule has 3 heterocycles. The van der Waals surface area contributed by atoms with E-state index in [1.54, 1.807) is 18.7 Å². The van der Waals surface area contributed by atoms with Crippen molar-refractivity contribution in [3.8, 4) is 11.4 Å². The van der Waals surface area contributed by atoms with Crippen molar-refractivity contribution in [1.82, 2.24) is 19.5 Å². The number of anilines is 4. The van der Waals surface area contributed by atoms with Crippen LogP contribution in [0.3, 0.4) is 0 Å². The van der Waals surface area contributed by atoms with Gasteiger partial charge < -0.3 is 26.3 Å². The summed E-state index contributed by atoms with van der Waals surface area (Å²) in [7, 11) is 6.39. The van der Waals surface area contributed by atoms with Gasteiger partial charge in [-0.25, -0.2) is 50.3 Å². The van der Waals surface area contributed by atoms with Crippen LogP contribution in [-0.2, 0) is 7.05 Å². The molecule has 0 aliphatic carbocycles. The van der Waals surface area contributed by atoms with Crippen LogP contribution in [0.2, 0.25) is 0 Å². The molecular weight excluding hydrogens is 1210 g/mol. The van der Waals surface area contributed by atoms with Gasteiger partial charge in [0.05, 0.1) is 84.7 Å². The summed E-state index contributed by atoms with van der Waals surface area (Å²) < 4.78 is 105. The number of aldehydes is 1. The quantitative estimate of drug-likeness (QED) is 0.0210. The second-order valence-corrected chi connectivity index (χ2v) is 16.5. The van der Waals surface area contributed by atoms with Gasteiger partial charge >= 0.3 is 5.69 Å². The fourth-order valence-corrected chi connectivity index (χ4v) is 6.64. The average molecular weight is 1240 g/mol. The predicted octanol–water partition coefficient (Wildman–Crippen LogP) is 14.0. The zero-order valence-electron chi connectivity index (χ0n) is 41.0. The summed E-state index contributed by atoms with van der Waals surface area (Å²) in [6.45, 7) is 20.2. The zero-order chi connectivity index (χ0) is 60.1. The van der Waals surface area contributed by atoms with Gasteiger partial charge in [0.2, 0.25) is 22.9 Å². The van der Waals surface area contributed by atoms with E-state index in [2.05, 4.69) is 77.3 Å². The second kappa shape index (κ2) is 29.9. The number of benzene rings is 5. The summed E-state index contributed by atoms with van der Waals surface area (Å²) in [5, 5.41) is 38.8. The van der Waals surface area contributed by atoms with Crippen molar-refractivity contribution in [3.63, 3.8) is 0 Å². The number of nitro groups is 3. The van der Waals surface area contributed by atoms with E-state index >= 15 is 0 Å². The first-order chi connectivity index (χ1) is 37.8. The lowest BCUT2D eigenvalue weighted by Crippen LogP contribution is -1.97. The smallest absolute Gasteiger partial charge is 0.307 e. The van der Waals surface area contributed by atoms with Gasteiger partial charge in [-0.3, -0.25) is 45.1 Å². The number of halogens is 10. The highest BCUT2D eigenvalue weighted by molar-refractivity contribution is 9.10. The van der Waals surface area contributed by atoms with Crippen LogP contribution >= 0.6 is 31.9 Å². The Kier molecular flexibility index (Phi) is 24.0. The fourth-order valence-electron chi connectivity index (χ4n) is 5.98. The summed E-state index contributed by atoms with van der Waals surface area (Å²) in [6, 6.07) is 12.9. The van der Waals surface area contributed by atoms with E-state index in [0.717, 1.165) is 42.7 Å². The van der Waals surface area contributed by atoms with E-state index in [1.165, 1.54) is 56.8 Å². The van der Waals surface area contributed by atoms with E-state index in [-0.39, 0.29) is 54.3 Å². The number of hydrogen-bond acceptors (Lipinski definition) is 14. The largest absolute Gasteiger partial charge is 0.397 e. The molecule has 31 heteroatoms. The third-order valence-electron chi connectivity index (χ3n) is 9.75. The summed E-state index contributed by atoms with van der Waals surface area (Å²) in [5.74, 6) is -5.14. The number of carbonyl (C=O) groups is 1. The van der Waals surface area contributed by atoms with Crippen LogP contribution in [0, 0.1) is 96.6 Å². The number of aryl methyl sites for hydroxylation is 1. The molecule has 0 aliphatic rings. The van der Waals surface area contributed by atoms with Crippen molar-refractivity contribution < 1.29 is 54.7 Å². The molecule has 0 aliphatic heterocycles. The maximum atomic E-state index is 13.6. The van der Waals surface area contributed by atoms with Crippen LogP contribution in [-0.4, -0.2) is 61.7 Å². The van der Waals surface area contributed by atoms with Gasteiger partial charge in [-0.2, -0.15) is 4.39 Å². The van der Waals surface area contributed by atoms with E-state index < -0.39 is 67.0 Å². The standard InChI is InChI=1S/C14H8F2N4.C8H6FN3O2.C8H8FN3.C7H6BrFN2O2.C6H2BrF2NO2.C6H4FNO/c1-17-11-5-13-12(4-10(11)16)19-14(20(13)2)8-3-9(15)7-18-6-8;1-10-6-4-7(11-2)8(12(13)14)3-5(6)9;1-11-7-4-8(12-2)6(10)3-5(7)9;1-10-6-2-4(8)5(9)3-7(6)11(12)13;7-3-1-5(9)6(10(11)12)2-4(3)8;7-6-1-5(4-9)2-8-3-6/h3-7H,2H3;3-4,11H,2H3;3-4,12H,10H2,2H3;2-3,10H,1H3;1-2H;1-4H. The zero-order valence-corrected chi connectivity index (χ0v) is 44.2. The molecule has 0 fully saturated rings. The number of nitrogens with one attached hydrogen (secondary N) is 3. The Labute approximate surface area is 462 Å². The third kappa shape index (κ3) is 17.4. The number of nitrogens with zero attached hydrogens (tertiary/aromatic N) is 10. The van der Waals surface area contributed by atoms with E-state index in [4.69, 9.17) is 25.5 Å². The van der Waals surface area contributed by atoms with Crippen LogP contribution in [0.15, 0.2) is 107 Å². The minimum atomic E-state index is -1.06. The SMILES string of the molecule is CNc1cc(Br)c(F)cc1[N+](=O)[O-].O=Cc1cncc(F)c1.O=[N+]([O-])c1cc(F)c(Br)cc1F.[C-]#[N+]c1cc(NC)c(N)cc1F.[C-]#[N+]c1cc(NC)c([N+](=O)[O-])cc1F.[C-]#[N+]c1cc2c(cc1F)nc(-c1cncc(F)c1)n2C. The van der Waals surface area contributed by atoms with Crippen LogP contribution in [0.1, 0.15) is 10.4 Å². The number of pyridine rings is 2. The van der Waals surface area contributed by atoms with Crippen molar-refractivity contribution in [2.75, 3.05) is 42.8 Å². The van der Waals surface area contributed by atoms with Crippen molar-refractivity contribution in [1.29, 1.82) is 0 Å². The fraction of sp³-hybridized carbons (Fsp3) is 0.0816. The van der Waals surface area contributed by atoms with Crippen LogP contribution in [0.5, 0.6) is 0 Å². The van der Waals surface area contributed by atoms with Gasteiger partial charge in [-0.1, -0.05) is 0 Å². The molecule has 0 bridgehead atoms. The number of fused-ring (bicyclic) bond motifs is 1. The molecular formula is C49H34Br2F8N14O7. The van der Waals surface area contributed by atoms with E-state index in [9.17, 15) is 70.3 Å². The molecule has 5 aromatic carbocycles. The summed E-state index contributed by atoms with van der Waals surface area (Å²) in [6.07, 6.45) is 5.48. The number of nitrogens with two attached hydrogens (primary N) is 1. The van der Waals surface area contributed by atoms with Gasteiger partial charge in [-0.05, 0) is 86.5 Å². The minimum Gasteiger partial charge on any atom is -0.397 e. The molecule has 0 atom stereocenters. The number of nitro benzene ring substituents is 3.